The first kappa shape index (κ1) is 19.8. The standard InChI is InChI=1S/C25H23FN2O2/c1-17-6-10-19(11-7-17)23(28-16-20-4-2-3-5-22(20)25(28)30)14-24(29)27-15-18-8-12-21(26)13-9-18/h2-13,23H,14-16H2,1H3,(H,27,29)/t23-/m0/s1. The average molecular weight is 402 g/mol. The monoisotopic (exact) mass is 402 g/mol. The predicted molar refractivity (Wildman–Crippen MR) is 113 cm³/mol. The third-order valence-corrected chi connectivity index (χ3v) is 5.47. The van der Waals surface area contributed by atoms with Crippen LogP contribution in [0, 0.1) is 12.7 Å². The first-order valence-corrected chi connectivity index (χ1v) is 9.98. The minimum absolute atomic E-state index is 0.0532. The molecule has 0 saturated heterocycles. The average Bonchev–Trinajstić information content (AvgIpc) is 3.09. The number of carbonyl (C=O) groups excluding carboxylic acids is 2. The smallest absolute Gasteiger partial charge is 0.255 e. The maximum Gasteiger partial charge on any atom is 0.255 e. The van der Waals surface area contributed by atoms with E-state index in [1.54, 1.807) is 17.0 Å². The van der Waals surface area contributed by atoms with Gasteiger partial charge in [-0.1, -0.05) is 60.2 Å². The van der Waals surface area contributed by atoms with Gasteiger partial charge in [0.2, 0.25) is 5.91 Å². The summed E-state index contributed by atoms with van der Waals surface area (Å²) in [6.45, 7) is 2.80. The number of nitrogens with one attached hydrogen (secondary N) is 1. The second-order valence-corrected chi connectivity index (χ2v) is 7.62. The van der Waals surface area contributed by atoms with Crippen LogP contribution in [0.2, 0.25) is 0 Å². The van der Waals surface area contributed by atoms with Gasteiger partial charge in [0.1, 0.15) is 5.82 Å². The van der Waals surface area contributed by atoms with E-state index < -0.39 is 0 Å². The summed E-state index contributed by atoms with van der Waals surface area (Å²) in [6.07, 6.45) is 0.157. The molecule has 0 unspecified atom stereocenters. The topological polar surface area (TPSA) is 49.4 Å². The molecule has 4 nitrogen and oxygen atoms in total. The maximum absolute atomic E-state index is 13.1. The van der Waals surface area contributed by atoms with Crippen molar-refractivity contribution < 1.29 is 14.0 Å². The Labute approximate surface area is 175 Å². The van der Waals surface area contributed by atoms with E-state index in [0.29, 0.717) is 18.7 Å². The van der Waals surface area contributed by atoms with Gasteiger partial charge in [-0.3, -0.25) is 9.59 Å². The lowest BCUT2D eigenvalue weighted by Gasteiger charge is -2.28. The molecule has 1 aliphatic heterocycles. The first-order chi connectivity index (χ1) is 14.5. The quantitative estimate of drug-likeness (QED) is 0.658. The Balaban J connectivity index is 1.52. The second kappa shape index (κ2) is 8.49. The lowest BCUT2D eigenvalue weighted by Crippen LogP contribution is -2.34. The number of benzene rings is 3. The minimum Gasteiger partial charge on any atom is -0.352 e. The predicted octanol–water partition coefficient (Wildman–Crippen LogP) is 4.54. The van der Waals surface area contributed by atoms with Gasteiger partial charge in [-0.25, -0.2) is 4.39 Å². The van der Waals surface area contributed by atoms with Crippen molar-refractivity contribution in [1.82, 2.24) is 10.2 Å². The highest BCUT2D eigenvalue weighted by molar-refractivity contribution is 5.98. The summed E-state index contributed by atoms with van der Waals surface area (Å²) in [4.78, 5) is 27.5. The molecule has 30 heavy (non-hydrogen) atoms. The van der Waals surface area contributed by atoms with Crippen LogP contribution in [0.4, 0.5) is 4.39 Å². The highest BCUT2D eigenvalue weighted by atomic mass is 19.1. The summed E-state index contributed by atoms with van der Waals surface area (Å²) in [5.41, 5.74) is 4.54. The van der Waals surface area contributed by atoms with Crippen LogP contribution in [-0.4, -0.2) is 16.7 Å². The Morgan fingerprint density at radius 1 is 1.03 bits per heavy atom. The van der Waals surface area contributed by atoms with Gasteiger partial charge in [0.25, 0.3) is 5.91 Å². The van der Waals surface area contributed by atoms with Gasteiger partial charge in [-0.15, -0.1) is 0 Å². The van der Waals surface area contributed by atoms with Crippen molar-refractivity contribution in [2.24, 2.45) is 0 Å². The maximum atomic E-state index is 13.1. The van der Waals surface area contributed by atoms with Crippen LogP contribution >= 0.6 is 0 Å². The van der Waals surface area contributed by atoms with Gasteiger partial charge >= 0.3 is 0 Å². The summed E-state index contributed by atoms with van der Waals surface area (Å²) in [6, 6.07) is 21.2. The number of carbonyl (C=O) groups is 2. The van der Waals surface area contributed by atoms with Gasteiger partial charge in [0.05, 0.1) is 12.5 Å². The molecule has 0 bridgehead atoms. The van der Waals surface area contributed by atoms with E-state index in [-0.39, 0.29) is 30.1 Å². The molecule has 1 N–H and O–H groups in total. The number of aryl methyl sites for hydroxylation is 1. The molecule has 2 amide bonds. The molecule has 1 aliphatic rings. The summed E-state index contributed by atoms with van der Waals surface area (Å²) in [5, 5.41) is 2.89. The lowest BCUT2D eigenvalue weighted by molar-refractivity contribution is -0.122. The van der Waals surface area contributed by atoms with Crippen LogP contribution in [0.1, 0.15) is 45.1 Å². The van der Waals surface area contributed by atoms with E-state index in [2.05, 4.69) is 5.32 Å². The molecule has 0 saturated carbocycles. The molecule has 0 aromatic heterocycles. The fourth-order valence-corrected chi connectivity index (χ4v) is 3.78. The zero-order chi connectivity index (χ0) is 21.1. The van der Waals surface area contributed by atoms with Gasteiger partial charge in [-0.2, -0.15) is 0 Å². The summed E-state index contributed by atoms with van der Waals surface area (Å²) < 4.78 is 13.1. The number of halogens is 1. The second-order valence-electron chi connectivity index (χ2n) is 7.62. The molecule has 5 heteroatoms. The van der Waals surface area contributed by atoms with Crippen molar-refractivity contribution >= 4 is 11.8 Å². The number of amides is 2. The molecule has 3 aromatic carbocycles. The number of hydrogen-bond acceptors (Lipinski definition) is 2. The van der Waals surface area contributed by atoms with Crippen molar-refractivity contribution in [3.63, 3.8) is 0 Å². The largest absolute Gasteiger partial charge is 0.352 e. The molecular formula is C25H23FN2O2. The van der Waals surface area contributed by atoms with Gasteiger partial charge in [0, 0.05) is 18.7 Å². The van der Waals surface area contributed by atoms with E-state index >= 15 is 0 Å². The van der Waals surface area contributed by atoms with Crippen LogP contribution < -0.4 is 5.32 Å². The third-order valence-electron chi connectivity index (χ3n) is 5.47. The molecule has 1 atom stereocenters. The van der Waals surface area contributed by atoms with E-state index in [9.17, 15) is 14.0 Å². The van der Waals surface area contributed by atoms with Crippen LogP contribution in [0.5, 0.6) is 0 Å². The molecule has 0 aliphatic carbocycles. The van der Waals surface area contributed by atoms with Crippen molar-refractivity contribution in [3.8, 4) is 0 Å². The molecule has 3 aromatic rings. The molecule has 0 radical (unpaired) electrons. The van der Waals surface area contributed by atoms with Crippen molar-refractivity contribution in [1.29, 1.82) is 0 Å². The molecule has 0 fully saturated rings. The van der Waals surface area contributed by atoms with Gasteiger partial charge in [-0.05, 0) is 41.8 Å². The number of rotatable bonds is 6. The Bertz CT molecular complexity index is 1060. The fraction of sp³-hybridized carbons (Fsp3) is 0.200. The number of nitrogens with zero attached hydrogens (tertiary/aromatic N) is 1. The highest BCUT2D eigenvalue weighted by Gasteiger charge is 2.34. The van der Waals surface area contributed by atoms with E-state index in [1.807, 2.05) is 55.5 Å². The van der Waals surface area contributed by atoms with E-state index in [1.165, 1.54) is 12.1 Å². The van der Waals surface area contributed by atoms with Crippen molar-refractivity contribution in [3.05, 3.63) is 106 Å². The minimum atomic E-state index is -0.362. The van der Waals surface area contributed by atoms with Crippen LogP contribution in [0.15, 0.2) is 72.8 Å². The zero-order valence-corrected chi connectivity index (χ0v) is 16.8. The summed E-state index contributed by atoms with van der Waals surface area (Å²) in [5.74, 6) is -0.521. The fourth-order valence-electron chi connectivity index (χ4n) is 3.78. The third kappa shape index (κ3) is 4.25. The number of fused-ring (bicyclic) bond motifs is 1. The van der Waals surface area contributed by atoms with Crippen molar-refractivity contribution in [2.45, 2.75) is 32.5 Å². The van der Waals surface area contributed by atoms with E-state index in [4.69, 9.17) is 0 Å². The Hall–Kier alpha value is -3.47. The van der Waals surface area contributed by atoms with Gasteiger partial charge in [0.15, 0.2) is 0 Å². The van der Waals surface area contributed by atoms with Crippen LogP contribution in [0.25, 0.3) is 0 Å². The molecule has 0 spiro atoms. The van der Waals surface area contributed by atoms with Gasteiger partial charge < -0.3 is 10.2 Å². The molecule has 4 rings (SSSR count). The van der Waals surface area contributed by atoms with Crippen LogP contribution in [0.3, 0.4) is 0 Å². The van der Waals surface area contributed by atoms with E-state index in [0.717, 1.165) is 22.3 Å². The first-order valence-electron chi connectivity index (χ1n) is 9.98. The summed E-state index contributed by atoms with van der Waals surface area (Å²) in [7, 11) is 0. The zero-order valence-electron chi connectivity index (χ0n) is 16.8. The van der Waals surface area contributed by atoms with Crippen molar-refractivity contribution in [2.75, 3.05) is 0 Å². The normalized spacial score (nSPS) is 13.8. The highest BCUT2D eigenvalue weighted by Crippen LogP contribution is 2.33. The number of hydrogen-bond donors (Lipinski definition) is 1. The molecular weight excluding hydrogens is 379 g/mol. The summed E-state index contributed by atoms with van der Waals surface area (Å²) >= 11 is 0. The lowest BCUT2D eigenvalue weighted by atomic mass is 10.00. The Kier molecular flexibility index (Phi) is 5.61. The Morgan fingerprint density at radius 2 is 1.73 bits per heavy atom. The Morgan fingerprint density at radius 3 is 2.43 bits per heavy atom. The molecule has 1 heterocycles. The SMILES string of the molecule is Cc1ccc([C@H](CC(=O)NCc2ccc(F)cc2)N2Cc3ccccc3C2=O)cc1. The molecule has 152 valence electrons. The van der Waals surface area contributed by atoms with Crippen LogP contribution in [-0.2, 0) is 17.9 Å².